The van der Waals surface area contributed by atoms with Gasteiger partial charge in [0.2, 0.25) is 0 Å². The lowest BCUT2D eigenvalue weighted by Gasteiger charge is -2.04. The molecule has 0 aliphatic heterocycles. The lowest BCUT2D eigenvalue weighted by molar-refractivity contribution is 0.303. The molecular formula is C11H10N2OS2. The highest BCUT2D eigenvalue weighted by molar-refractivity contribution is 7.73. The molecule has 16 heavy (non-hydrogen) atoms. The van der Waals surface area contributed by atoms with Gasteiger partial charge in [-0.2, -0.15) is 5.10 Å². The maximum absolute atomic E-state index is 5.73. The van der Waals surface area contributed by atoms with Gasteiger partial charge in [-0.1, -0.05) is 23.5 Å². The van der Waals surface area contributed by atoms with E-state index in [1.807, 2.05) is 24.3 Å². The van der Waals surface area contributed by atoms with Crippen LogP contribution in [0.5, 0.6) is 5.75 Å². The molecule has 82 valence electrons. The largest absolute Gasteiger partial charge is 0.490 e. The second-order valence-electron chi connectivity index (χ2n) is 3.76. The van der Waals surface area contributed by atoms with Gasteiger partial charge in [0.1, 0.15) is 10.8 Å². The number of H-pyrrole nitrogens is 1. The minimum Gasteiger partial charge on any atom is -0.490 e. The molecule has 0 bridgehead atoms. The third kappa shape index (κ3) is 2.15. The van der Waals surface area contributed by atoms with E-state index < -0.39 is 0 Å². The maximum atomic E-state index is 5.73. The Bertz CT molecular complexity index is 557. The zero-order chi connectivity index (χ0) is 11.0. The summed E-state index contributed by atoms with van der Waals surface area (Å²) in [4.78, 5) is 0. The number of nitrogens with zero attached hydrogens (tertiary/aromatic N) is 1. The molecule has 3 rings (SSSR count). The highest BCUT2D eigenvalue weighted by Gasteiger charge is 2.23. The number of ether oxygens (including phenoxy) is 1. The fourth-order valence-corrected chi connectivity index (χ4v) is 2.32. The topological polar surface area (TPSA) is 37.9 Å². The number of aromatic nitrogens is 2. The summed E-state index contributed by atoms with van der Waals surface area (Å²) in [5, 5.41) is 7.85. The smallest absolute Gasteiger partial charge is 0.176 e. The summed E-state index contributed by atoms with van der Waals surface area (Å²) >= 11 is 6.49. The molecule has 1 aliphatic carbocycles. The zero-order valence-electron chi connectivity index (χ0n) is 8.47. The Morgan fingerprint density at radius 1 is 1.44 bits per heavy atom. The van der Waals surface area contributed by atoms with Gasteiger partial charge in [-0.25, -0.2) is 0 Å². The van der Waals surface area contributed by atoms with Gasteiger partial charge < -0.3 is 4.74 Å². The van der Waals surface area contributed by atoms with Crippen LogP contribution in [0.3, 0.4) is 0 Å². The van der Waals surface area contributed by atoms with Crippen LogP contribution < -0.4 is 4.74 Å². The van der Waals surface area contributed by atoms with E-state index >= 15 is 0 Å². The van der Waals surface area contributed by atoms with Crippen LogP contribution in [0.15, 0.2) is 24.3 Å². The van der Waals surface area contributed by atoms with Crippen molar-refractivity contribution in [1.29, 1.82) is 0 Å². The Balaban J connectivity index is 1.91. The van der Waals surface area contributed by atoms with Crippen LogP contribution in [-0.2, 0) is 0 Å². The third-order valence-corrected chi connectivity index (χ3v) is 3.48. The standard InChI is InChI=1S/C11H10N2OS2/c15-11-13-12-10(16-11)7-2-1-3-9(6-7)14-8-4-5-8/h1-3,6,8H,4-5H2,(H,13,15). The molecule has 3 nitrogen and oxygen atoms in total. The summed E-state index contributed by atoms with van der Waals surface area (Å²) < 4.78 is 6.43. The molecule has 0 unspecified atom stereocenters. The summed E-state index contributed by atoms with van der Waals surface area (Å²) in [5.41, 5.74) is 1.05. The fraction of sp³-hybridized carbons (Fsp3) is 0.273. The van der Waals surface area contributed by atoms with Crippen molar-refractivity contribution in [3.8, 4) is 16.3 Å². The number of rotatable bonds is 3. The molecule has 1 fully saturated rings. The lowest BCUT2D eigenvalue weighted by Crippen LogP contribution is -1.95. The van der Waals surface area contributed by atoms with E-state index in [9.17, 15) is 0 Å². The molecule has 0 saturated heterocycles. The molecule has 5 heteroatoms. The van der Waals surface area contributed by atoms with Gasteiger partial charge in [-0.15, -0.1) is 0 Å². The Hall–Kier alpha value is -1.20. The van der Waals surface area contributed by atoms with Gasteiger partial charge in [-0.05, 0) is 37.2 Å². The third-order valence-electron chi connectivity index (χ3n) is 2.35. The molecule has 0 atom stereocenters. The van der Waals surface area contributed by atoms with Crippen LogP contribution in [0.4, 0.5) is 0 Å². The first-order valence-corrected chi connectivity index (χ1v) is 6.36. The molecule has 0 spiro atoms. The molecule has 1 heterocycles. The Morgan fingerprint density at radius 3 is 3.00 bits per heavy atom. The molecule has 1 saturated carbocycles. The average Bonchev–Trinajstić information content (AvgIpc) is 2.98. The average molecular weight is 250 g/mol. The van der Waals surface area contributed by atoms with E-state index in [1.165, 1.54) is 24.2 Å². The second-order valence-corrected chi connectivity index (χ2v) is 5.43. The van der Waals surface area contributed by atoms with Gasteiger partial charge >= 0.3 is 0 Å². The number of aromatic amines is 1. The van der Waals surface area contributed by atoms with E-state index in [0.29, 0.717) is 10.1 Å². The zero-order valence-corrected chi connectivity index (χ0v) is 10.1. The minimum absolute atomic E-state index is 0.424. The van der Waals surface area contributed by atoms with Crippen molar-refractivity contribution in [2.24, 2.45) is 0 Å². The molecule has 2 aromatic rings. The molecule has 1 aliphatic rings. The molecular weight excluding hydrogens is 240 g/mol. The lowest BCUT2D eigenvalue weighted by atomic mass is 10.2. The fourth-order valence-electron chi connectivity index (χ4n) is 1.43. The number of benzene rings is 1. The highest BCUT2D eigenvalue weighted by Crippen LogP contribution is 2.30. The predicted octanol–water partition coefficient (Wildman–Crippen LogP) is 3.41. The van der Waals surface area contributed by atoms with E-state index in [4.69, 9.17) is 17.0 Å². The Morgan fingerprint density at radius 2 is 2.31 bits per heavy atom. The van der Waals surface area contributed by atoms with Crippen molar-refractivity contribution in [2.45, 2.75) is 18.9 Å². The summed E-state index contributed by atoms with van der Waals surface area (Å²) in [6.07, 6.45) is 2.77. The van der Waals surface area contributed by atoms with Crippen molar-refractivity contribution in [3.05, 3.63) is 28.2 Å². The summed E-state index contributed by atoms with van der Waals surface area (Å²) in [7, 11) is 0. The van der Waals surface area contributed by atoms with E-state index in [2.05, 4.69) is 10.2 Å². The quantitative estimate of drug-likeness (QED) is 0.848. The first-order valence-electron chi connectivity index (χ1n) is 5.14. The molecule has 1 aromatic carbocycles. The van der Waals surface area contributed by atoms with E-state index in [1.54, 1.807) is 0 Å². The number of nitrogens with one attached hydrogen (secondary N) is 1. The van der Waals surface area contributed by atoms with E-state index in [0.717, 1.165) is 16.3 Å². The maximum Gasteiger partial charge on any atom is 0.176 e. The highest BCUT2D eigenvalue weighted by atomic mass is 32.1. The van der Waals surface area contributed by atoms with Gasteiger partial charge in [0.25, 0.3) is 0 Å². The van der Waals surface area contributed by atoms with Gasteiger partial charge in [0, 0.05) is 5.56 Å². The molecule has 0 amide bonds. The Kier molecular flexibility index (Phi) is 2.49. The van der Waals surface area contributed by atoms with Crippen LogP contribution in [0.2, 0.25) is 0 Å². The number of hydrogen-bond donors (Lipinski definition) is 1. The summed E-state index contributed by atoms with van der Waals surface area (Å²) in [5.74, 6) is 0.918. The van der Waals surface area contributed by atoms with Crippen LogP contribution in [0.25, 0.3) is 10.6 Å². The first kappa shape index (κ1) is 9.99. The van der Waals surface area contributed by atoms with Crippen molar-refractivity contribution >= 4 is 23.6 Å². The summed E-state index contributed by atoms with van der Waals surface area (Å²) in [6, 6.07) is 7.99. The van der Waals surface area contributed by atoms with Crippen molar-refractivity contribution in [2.75, 3.05) is 0 Å². The van der Waals surface area contributed by atoms with Crippen molar-refractivity contribution < 1.29 is 4.74 Å². The SMILES string of the molecule is S=c1[nH]nc(-c2cccc(OC3CC3)c2)s1. The normalized spacial score (nSPS) is 15.0. The molecule has 1 N–H and O–H groups in total. The monoisotopic (exact) mass is 250 g/mol. The van der Waals surface area contributed by atoms with Crippen molar-refractivity contribution in [1.82, 2.24) is 10.2 Å². The van der Waals surface area contributed by atoms with Crippen molar-refractivity contribution in [3.63, 3.8) is 0 Å². The van der Waals surface area contributed by atoms with E-state index in [-0.39, 0.29) is 0 Å². The van der Waals surface area contributed by atoms with Crippen LogP contribution >= 0.6 is 23.6 Å². The summed E-state index contributed by atoms with van der Waals surface area (Å²) in [6.45, 7) is 0. The minimum atomic E-state index is 0.424. The van der Waals surface area contributed by atoms with Crippen LogP contribution in [-0.4, -0.2) is 16.3 Å². The first-order chi connectivity index (χ1) is 7.81. The van der Waals surface area contributed by atoms with Gasteiger partial charge in [-0.3, -0.25) is 5.10 Å². The predicted molar refractivity (Wildman–Crippen MR) is 66.4 cm³/mol. The second kappa shape index (κ2) is 3.99. The molecule has 1 aromatic heterocycles. The van der Waals surface area contributed by atoms with Gasteiger partial charge in [0.15, 0.2) is 3.95 Å². The van der Waals surface area contributed by atoms with Gasteiger partial charge in [0.05, 0.1) is 6.10 Å². The van der Waals surface area contributed by atoms with Crippen LogP contribution in [0.1, 0.15) is 12.8 Å². The van der Waals surface area contributed by atoms with Crippen LogP contribution in [0, 0.1) is 3.95 Å². The number of hydrogen-bond acceptors (Lipinski definition) is 4. The Labute approximate surface area is 102 Å². The molecule has 0 radical (unpaired) electrons.